The number of nitriles is 1. The van der Waals surface area contributed by atoms with Crippen molar-refractivity contribution in [1.82, 2.24) is 0 Å². The Labute approximate surface area is 135 Å². The molecular formula is C17H12F3NO3. The van der Waals surface area contributed by atoms with Gasteiger partial charge in [-0.3, -0.25) is 0 Å². The number of hydrogen-bond acceptors (Lipinski definition) is 3. The van der Waals surface area contributed by atoms with E-state index in [1.165, 1.54) is 18.2 Å². The zero-order valence-corrected chi connectivity index (χ0v) is 12.5. The van der Waals surface area contributed by atoms with Crippen LogP contribution in [0, 0.1) is 11.3 Å². The topological polar surface area (TPSA) is 70.3 Å². The van der Waals surface area contributed by atoms with E-state index >= 15 is 0 Å². The molecule has 7 heteroatoms. The molecule has 2 aromatic rings. The van der Waals surface area contributed by atoms with Crippen molar-refractivity contribution < 1.29 is 27.8 Å². The summed E-state index contributed by atoms with van der Waals surface area (Å²) >= 11 is 0. The fourth-order valence-corrected chi connectivity index (χ4v) is 2.19. The fraction of sp³-hybridized carbons (Fsp3) is 0.176. The molecule has 2 rings (SSSR count). The van der Waals surface area contributed by atoms with Gasteiger partial charge in [0.15, 0.2) is 0 Å². The molecule has 0 unspecified atom stereocenters. The molecule has 0 saturated heterocycles. The fourth-order valence-electron chi connectivity index (χ4n) is 2.19. The second-order valence-corrected chi connectivity index (χ2v) is 4.82. The minimum absolute atomic E-state index is 0.0376. The van der Waals surface area contributed by atoms with Crippen molar-refractivity contribution in [1.29, 1.82) is 5.26 Å². The third-order valence-corrected chi connectivity index (χ3v) is 3.29. The first kappa shape index (κ1) is 17.3. The smallest absolute Gasteiger partial charge is 0.416 e. The van der Waals surface area contributed by atoms with E-state index < -0.39 is 17.7 Å². The van der Waals surface area contributed by atoms with Gasteiger partial charge < -0.3 is 9.84 Å². The number of hydrogen-bond donors (Lipinski definition) is 1. The highest BCUT2D eigenvalue weighted by atomic mass is 19.4. The van der Waals surface area contributed by atoms with Crippen LogP contribution in [0.4, 0.5) is 13.2 Å². The largest absolute Gasteiger partial charge is 0.493 e. The Morgan fingerprint density at radius 2 is 1.88 bits per heavy atom. The normalized spacial score (nSPS) is 11.0. The molecule has 0 amide bonds. The number of carboxylic acids is 1. The van der Waals surface area contributed by atoms with Crippen molar-refractivity contribution >= 4 is 5.97 Å². The van der Waals surface area contributed by atoms with Gasteiger partial charge in [0.25, 0.3) is 0 Å². The molecule has 0 saturated carbocycles. The predicted octanol–water partition coefficient (Wildman–Crippen LogP) is 4.34. The van der Waals surface area contributed by atoms with Gasteiger partial charge >= 0.3 is 12.1 Å². The molecule has 0 bridgehead atoms. The molecule has 0 aromatic heterocycles. The Kier molecular flexibility index (Phi) is 4.79. The van der Waals surface area contributed by atoms with Gasteiger partial charge in [-0.2, -0.15) is 18.4 Å². The number of carbonyl (C=O) groups is 1. The summed E-state index contributed by atoms with van der Waals surface area (Å²) in [4.78, 5) is 11.3. The summed E-state index contributed by atoms with van der Waals surface area (Å²) in [6, 6.07) is 8.64. The number of benzene rings is 2. The second kappa shape index (κ2) is 6.62. The lowest BCUT2D eigenvalue weighted by Gasteiger charge is -2.13. The molecule has 0 fully saturated rings. The van der Waals surface area contributed by atoms with Crippen LogP contribution in [0.25, 0.3) is 11.1 Å². The van der Waals surface area contributed by atoms with Crippen molar-refractivity contribution in [3.05, 3.63) is 53.1 Å². The lowest BCUT2D eigenvalue weighted by Crippen LogP contribution is -2.05. The molecule has 1 N–H and O–H groups in total. The van der Waals surface area contributed by atoms with Crippen LogP contribution in [-0.4, -0.2) is 17.7 Å². The van der Waals surface area contributed by atoms with E-state index in [0.29, 0.717) is 11.1 Å². The highest BCUT2D eigenvalue weighted by molar-refractivity contribution is 5.93. The SMILES string of the molecule is CCOc1cc(-c2ccc(C(F)(F)F)cc2)c(C#N)cc1C(=O)O. The molecule has 0 aliphatic carbocycles. The molecule has 24 heavy (non-hydrogen) atoms. The average molecular weight is 335 g/mol. The van der Waals surface area contributed by atoms with Gasteiger partial charge in [0.2, 0.25) is 0 Å². The Bertz CT molecular complexity index is 806. The van der Waals surface area contributed by atoms with E-state index in [2.05, 4.69) is 0 Å². The first-order chi connectivity index (χ1) is 11.3. The Hall–Kier alpha value is -3.01. The standard InChI is InChI=1S/C17H12F3NO3/c1-2-24-15-8-13(11(9-21)7-14(15)16(22)23)10-3-5-12(6-4-10)17(18,19)20/h3-8H,2H2,1H3,(H,22,23). The quantitative estimate of drug-likeness (QED) is 0.902. The molecule has 0 aliphatic rings. The maximum absolute atomic E-state index is 12.6. The Morgan fingerprint density at radius 3 is 2.33 bits per heavy atom. The van der Waals surface area contributed by atoms with Crippen molar-refractivity contribution in [2.45, 2.75) is 13.1 Å². The Morgan fingerprint density at radius 1 is 1.25 bits per heavy atom. The molecule has 0 heterocycles. The number of carboxylic acid groups (broad SMARTS) is 1. The molecular weight excluding hydrogens is 323 g/mol. The van der Waals surface area contributed by atoms with Crippen LogP contribution in [0.2, 0.25) is 0 Å². The van der Waals surface area contributed by atoms with Gasteiger partial charge in [-0.15, -0.1) is 0 Å². The lowest BCUT2D eigenvalue weighted by molar-refractivity contribution is -0.137. The number of nitrogens with zero attached hydrogens (tertiary/aromatic N) is 1. The molecule has 0 atom stereocenters. The van der Waals surface area contributed by atoms with Crippen molar-refractivity contribution in [3.63, 3.8) is 0 Å². The van der Waals surface area contributed by atoms with Gasteiger partial charge in [0, 0.05) is 5.56 Å². The van der Waals surface area contributed by atoms with Crippen molar-refractivity contribution in [3.8, 4) is 22.9 Å². The monoisotopic (exact) mass is 335 g/mol. The second-order valence-electron chi connectivity index (χ2n) is 4.82. The van der Waals surface area contributed by atoms with E-state index in [-0.39, 0.29) is 23.5 Å². The van der Waals surface area contributed by atoms with Crippen LogP contribution in [0.15, 0.2) is 36.4 Å². The first-order valence-corrected chi connectivity index (χ1v) is 6.89. The summed E-state index contributed by atoms with van der Waals surface area (Å²) < 4.78 is 43.2. The van der Waals surface area contributed by atoms with Crippen LogP contribution in [-0.2, 0) is 6.18 Å². The summed E-state index contributed by atoms with van der Waals surface area (Å²) in [7, 11) is 0. The van der Waals surface area contributed by atoms with Gasteiger partial charge in [0.1, 0.15) is 11.3 Å². The van der Waals surface area contributed by atoms with E-state index in [4.69, 9.17) is 4.74 Å². The zero-order chi connectivity index (χ0) is 17.9. The molecule has 0 aliphatic heterocycles. The number of alkyl halides is 3. The summed E-state index contributed by atoms with van der Waals surface area (Å²) in [6.45, 7) is 1.88. The molecule has 124 valence electrons. The highest BCUT2D eigenvalue weighted by Crippen LogP contribution is 2.34. The number of rotatable bonds is 4. The maximum Gasteiger partial charge on any atom is 0.416 e. The predicted molar refractivity (Wildman–Crippen MR) is 79.7 cm³/mol. The number of ether oxygens (including phenoxy) is 1. The van der Waals surface area contributed by atoms with E-state index in [1.807, 2.05) is 6.07 Å². The van der Waals surface area contributed by atoms with E-state index in [9.17, 15) is 28.3 Å². The minimum atomic E-state index is -4.46. The third-order valence-electron chi connectivity index (χ3n) is 3.29. The van der Waals surface area contributed by atoms with E-state index in [1.54, 1.807) is 6.92 Å². The molecule has 4 nitrogen and oxygen atoms in total. The van der Waals surface area contributed by atoms with E-state index in [0.717, 1.165) is 18.2 Å². The maximum atomic E-state index is 12.6. The number of halogens is 3. The third kappa shape index (κ3) is 3.49. The van der Waals surface area contributed by atoms with Crippen molar-refractivity contribution in [2.24, 2.45) is 0 Å². The van der Waals surface area contributed by atoms with Crippen LogP contribution in [0.3, 0.4) is 0 Å². The lowest BCUT2D eigenvalue weighted by atomic mass is 9.96. The summed E-state index contributed by atoms with van der Waals surface area (Å²) in [6.07, 6.45) is -4.46. The summed E-state index contributed by atoms with van der Waals surface area (Å²) in [5.41, 5.74) is -0.284. The minimum Gasteiger partial charge on any atom is -0.493 e. The zero-order valence-electron chi connectivity index (χ0n) is 12.5. The van der Waals surface area contributed by atoms with Crippen molar-refractivity contribution in [2.75, 3.05) is 6.61 Å². The van der Waals surface area contributed by atoms with Gasteiger partial charge in [-0.25, -0.2) is 4.79 Å². The molecule has 0 spiro atoms. The van der Waals surface area contributed by atoms with Gasteiger partial charge in [-0.1, -0.05) is 12.1 Å². The van der Waals surface area contributed by atoms with Crippen LogP contribution < -0.4 is 4.74 Å². The number of aromatic carboxylic acids is 1. The Balaban J connectivity index is 2.59. The van der Waals surface area contributed by atoms with Crippen LogP contribution >= 0.6 is 0 Å². The summed E-state index contributed by atoms with van der Waals surface area (Å²) in [5.74, 6) is -1.20. The average Bonchev–Trinajstić information content (AvgIpc) is 2.54. The first-order valence-electron chi connectivity index (χ1n) is 6.89. The van der Waals surface area contributed by atoms with Gasteiger partial charge in [-0.05, 0) is 36.8 Å². The van der Waals surface area contributed by atoms with Crippen LogP contribution in [0.5, 0.6) is 5.75 Å². The highest BCUT2D eigenvalue weighted by Gasteiger charge is 2.30. The van der Waals surface area contributed by atoms with Gasteiger partial charge in [0.05, 0.1) is 23.8 Å². The molecule has 0 radical (unpaired) electrons. The van der Waals surface area contributed by atoms with Crippen LogP contribution in [0.1, 0.15) is 28.4 Å². The summed E-state index contributed by atoms with van der Waals surface area (Å²) in [5, 5.41) is 18.4. The molecule has 2 aromatic carbocycles.